The fourth-order valence-corrected chi connectivity index (χ4v) is 3.08. The van der Waals surface area contributed by atoms with Crippen molar-refractivity contribution < 1.29 is 23.8 Å². The maximum Gasteiger partial charge on any atom is 0.259 e. The van der Waals surface area contributed by atoms with E-state index >= 15 is 0 Å². The van der Waals surface area contributed by atoms with Crippen LogP contribution in [0.15, 0.2) is 41.5 Å². The summed E-state index contributed by atoms with van der Waals surface area (Å²) in [6, 6.07) is 10.6. The van der Waals surface area contributed by atoms with Crippen molar-refractivity contribution in [3.05, 3.63) is 53.1 Å². The van der Waals surface area contributed by atoms with Crippen LogP contribution in [0.4, 0.5) is 0 Å². The highest BCUT2D eigenvalue weighted by Crippen LogP contribution is 2.28. The zero-order chi connectivity index (χ0) is 20.8. The second kappa shape index (κ2) is 9.09. The monoisotopic (exact) mass is 397 g/mol. The minimum atomic E-state index is -0.414. The standard InChI is InChI=1S/C21H23N3O5/c1-27-15-7-4-13-5-8-17(16(13)11-15)23-24-20(25)12-22-21(26)14-6-9-18(28-2)19(10-14)29-3/h4,6-7,9-11H,5,8,12H2,1-3H3,(H,22,26)(H,24,25). The van der Waals surface area contributed by atoms with Crippen molar-refractivity contribution in [2.24, 2.45) is 5.10 Å². The van der Waals surface area contributed by atoms with Gasteiger partial charge in [0.05, 0.1) is 33.6 Å². The molecule has 8 heteroatoms. The quantitative estimate of drug-likeness (QED) is 0.696. The summed E-state index contributed by atoms with van der Waals surface area (Å²) in [6.45, 7) is -0.199. The number of amides is 2. The van der Waals surface area contributed by atoms with Crippen molar-refractivity contribution in [3.8, 4) is 17.2 Å². The summed E-state index contributed by atoms with van der Waals surface area (Å²) >= 11 is 0. The predicted molar refractivity (Wildman–Crippen MR) is 108 cm³/mol. The molecule has 8 nitrogen and oxygen atoms in total. The number of fused-ring (bicyclic) bond motifs is 1. The number of nitrogens with zero attached hydrogens (tertiary/aromatic N) is 1. The third-order valence-electron chi connectivity index (χ3n) is 4.63. The molecule has 0 saturated heterocycles. The van der Waals surface area contributed by atoms with Crippen molar-refractivity contribution in [2.75, 3.05) is 27.9 Å². The molecular weight excluding hydrogens is 374 g/mol. The largest absolute Gasteiger partial charge is 0.497 e. The molecular formula is C21H23N3O5. The number of hydrogen-bond acceptors (Lipinski definition) is 6. The summed E-state index contributed by atoms with van der Waals surface area (Å²) in [5.74, 6) is 0.886. The first-order valence-electron chi connectivity index (χ1n) is 9.08. The Balaban J connectivity index is 1.57. The summed E-state index contributed by atoms with van der Waals surface area (Å²) in [5.41, 5.74) is 5.79. The Labute approximate surface area is 168 Å². The summed E-state index contributed by atoms with van der Waals surface area (Å²) in [6.07, 6.45) is 1.60. The molecule has 2 aromatic carbocycles. The zero-order valence-electron chi connectivity index (χ0n) is 16.6. The third-order valence-corrected chi connectivity index (χ3v) is 4.63. The van der Waals surface area contributed by atoms with E-state index in [1.165, 1.54) is 19.8 Å². The highest BCUT2D eigenvalue weighted by atomic mass is 16.5. The van der Waals surface area contributed by atoms with Gasteiger partial charge in [0.2, 0.25) is 0 Å². The van der Waals surface area contributed by atoms with Crippen LogP contribution in [0.1, 0.15) is 27.9 Å². The molecule has 1 aliphatic carbocycles. The molecule has 0 radical (unpaired) electrons. The van der Waals surface area contributed by atoms with Gasteiger partial charge in [0.1, 0.15) is 5.75 Å². The number of methoxy groups -OCH3 is 3. The molecule has 0 spiro atoms. The Morgan fingerprint density at radius 3 is 2.48 bits per heavy atom. The Bertz CT molecular complexity index is 955. The number of carbonyl (C=O) groups is 2. The van der Waals surface area contributed by atoms with E-state index < -0.39 is 11.8 Å². The maximum atomic E-state index is 12.3. The molecule has 29 heavy (non-hydrogen) atoms. The van der Waals surface area contributed by atoms with Crippen LogP contribution in [0.3, 0.4) is 0 Å². The van der Waals surface area contributed by atoms with Crippen molar-refractivity contribution in [3.63, 3.8) is 0 Å². The molecule has 2 amide bonds. The first-order chi connectivity index (χ1) is 14.0. The summed E-state index contributed by atoms with van der Waals surface area (Å²) < 4.78 is 15.6. The van der Waals surface area contributed by atoms with Gasteiger partial charge in [0.25, 0.3) is 11.8 Å². The Hall–Kier alpha value is -3.55. The van der Waals surface area contributed by atoms with E-state index in [1.807, 2.05) is 18.2 Å². The van der Waals surface area contributed by atoms with E-state index in [2.05, 4.69) is 15.8 Å². The van der Waals surface area contributed by atoms with Gasteiger partial charge in [-0.3, -0.25) is 9.59 Å². The van der Waals surface area contributed by atoms with Gasteiger partial charge >= 0.3 is 0 Å². The number of hydrogen-bond donors (Lipinski definition) is 2. The molecule has 0 aromatic heterocycles. The van der Waals surface area contributed by atoms with E-state index in [1.54, 1.807) is 25.3 Å². The summed E-state index contributed by atoms with van der Waals surface area (Å²) in [4.78, 5) is 24.4. The third kappa shape index (κ3) is 4.66. The normalized spacial score (nSPS) is 13.6. The first-order valence-corrected chi connectivity index (χ1v) is 9.08. The minimum Gasteiger partial charge on any atom is -0.497 e. The maximum absolute atomic E-state index is 12.3. The van der Waals surface area contributed by atoms with Gasteiger partial charge in [-0.05, 0) is 48.7 Å². The molecule has 2 aromatic rings. The van der Waals surface area contributed by atoms with Gasteiger partial charge in [-0.2, -0.15) is 5.10 Å². The number of carbonyl (C=O) groups excluding carboxylic acids is 2. The lowest BCUT2D eigenvalue weighted by Crippen LogP contribution is -2.35. The number of benzene rings is 2. The molecule has 0 saturated carbocycles. The van der Waals surface area contributed by atoms with Crippen LogP contribution in [0.5, 0.6) is 17.2 Å². The molecule has 0 heterocycles. The number of hydrazone groups is 1. The van der Waals surface area contributed by atoms with Crippen LogP contribution in [-0.2, 0) is 11.2 Å². The van der Waals surface area contributed by atoms with Gasteiger partial charge < -0.3 is 19.5 Å². The van der Waals surface area contributed by atoms with Crippen LogP contribution in [0.25, 0.3) is 0 Å². The average molecular weight is 397 g/mol. The highest BCUT2D eigenvalue weighted by Gasteiger charge is 2.19. The number of nitrogens with one attached hydrogen (secondary N) is 2. The van der Waals surface area contributed by atoms with Gasteiger partial charge in [-0.1, -0.05) is 6.07 Å². The Morgan fingerprint density at radius 1 is 0.966 bits per heavy atom. The van der Waals surface area contributed by atoms with Crippen molar-refractivity contribution >= 4 is 17.5 Å². The van der Waals surface area contributed by atoms with Crippen molar-refractivity contribution in [1.29, 1.82) is 0 Å². The second-order valence-electron chi connectivity index (χ2n) is 6.37. The molecule has 0 aliphatic heterocycles. The number of aryl methyl sites for hydroxylation is 1. The molecule has 1 aliphatic rings. The minimum absolute atomic E-state index is 0.199. The van der Waals surface area contributed by atoms with Crippen LogP contribution in [-0.4, -0.2) is 45.4 Å². The van der Waals surface area contributed by atoms with E-state index in [-0.39, 0.29) is 6.54 Å². The van der Waals surface area contributed by atoms with Gasteiger partial charge in [0.15, 0.2) is 11.5 Å². The fraction of sp³-hybridized carbons (Fsp3) is 0.286. The molecule has 152 valence electrons. The van der Waals surface area contributed by atoms with E-state index in [0.29, 0.717) is 17.1 Å². The van der Waals surface area contributed by atoms with E-state index in [0.717, 1.165) is 29.9 Å². The molecule has 0 atom stereocenters. The van der Waals surface area contributed by atoms with E-state index in [9.17, 15) is 9.59 Å². The number of ether oxygens (including phenoxy) is 3. The SMILES string of the molecule is COc1ccc2c(c1)C(=NNC(=O)CNC(=O)c1ccc(OC)c(OC)c1)CC2. The highest BCUT2D eigenvalue weighted by molar-refractivity contribution is 6.05. The van der Waals surface area contributed by atoms with Gasteiger partial charge in [-0.15, -0.1) is 0 Å². The van der Waals surface area contributed by atoms with Gasteiger partial charge in [-0.25, -0.2) is 5.43 Å². The molecule has 2 N–H and O–H groups in total. The van der Waals surface area contributed by atoms with Crippen LogP contribution in [0, 0.1) is 0 Å². The topological polar surface area (TPSA) is 98.2 Å². The lowest BCUT2D eigenvalue weighted by molar-refractivity contribution is -0.120. The lowest BCUT2D eigenvalue weighted by Gasteiger charge is -2.10. The molecule has 3 rings (SSSR count). The zero-order valence-corrected chi connectivity index (χ0v) is 16.6. The van der Waals surface area contributed by atoms with Crippen molar-refractivity contribution in [2.45, 2.75) is 12.8 Å². The predicted octanol–water partition coefficient (Wildman–Crippen LogP) is 1.91. The molecule has 0 fully saturated rings. The average Bonchev–Trinajstić information content (AvgIpc) is 3.17. The van der Waals surface area contributed by atoms with Crippen molar-refractivity contribution in [1.82, 2.24) is 10.7 Å². The summed E-state index contributed by atoms with van der Waals surface area (Å²) in [7, 11) is 4.61. The van der Waals surface area contributed by atoms with Crippen LogP contribution >= 0.6 is 0 Å². The van der Waals surface area contributed by atoms with Crippen LogP contribution in [0.2, 0.25) is 0 Å². The molecule has 0 unspecified atom stereocenters. The van der Waals surface area contributed by atoms with Crippen LogP contribution < -0.4 is 25.0 Å². The Morgan fingerprint density at radius 2 is 1.76 bits per heavy atom. The second-order valence-corrected chi connectivity index (χ2v) is 6.37. The fourth-order valence-electron chi connectivity index (χ4n) is 3.08. The molecule has 0 bridgehead atoms. The first kappa shape index (κ1) is 20.2. The smallest absolute Gasteiger partial charge is 0.259 e. The summed E-state index contributed by atoms with van der Waals surface area (Å²) in [5, 5.41) is 6.78. The number of rotatable bonds is 7. The lowest BCUT2D eigenvalue weighted by atomic mass is 10.1. The van der Waals surface area contributed by atoms with Gasteiger partial charge in [0, 0.05) is 11.1 Å². The van der Waals surface area contributed by atoms with E-state index in [4.69, 9.17) is 14.2 Å². The Kier molecular flexibility index (Phi) is 6.33.